The Kier molecular flexibility index (Phi) is 7.70. The molecule has 0 spiro atoms. The molecule has 3 rings (SSSR count). The van der Waals surface area contributed by atoms with Crippen molar-refractivity contribution in [1.29, 1.82) is 0 Å². The van der Waals surface area contributed by atoms with Crippen LogP contribution in [0.1, 0.15) is 11.1 Å². The highest BCUT2D eigenvalue weighted by Gasteiger charge is 2.22. The molecule has 0 saturated carbocycles. The summed E-state index contributed by atoms with van der Waals surface area (Å²) in [5.41, 5.74) is 0.644. The third-order valence-electron chi connectivity index (χ3n) is 4.97. The normalized spacial score (nSPS) is 11.4. The van der Waals surface area contributed by atoms with Gasteiger partial charge in [0.25, 0.3) is 10.0 Å². The van der Waals surface area contributed by atoms with Crippen molar-refractivity contribution in [2.45, 2.75) is 4.90 Å². The van der Waals surface area contributed by atoms with E-state index in [2.05, 4.69) is 4.72 Å². The predicted octanol–water partition coefficient (Wildman–Crippen LogP) is 4.68. The molecule has 0 bridgehead atoms. The van der Waals surface area contributed by atoms with Crippen molar-refractivity contribution >= 4 is 27.9 Å². The van der Waals surface area contributed by atoms with Crippen LogP contribution in [0, 0.1) is 11.6 Å². The lowest BCUT2D eigenvalue weighted by Crippen LogP contribution is -2.14. The van der Waals surface area contributed by atoms with Crippen molar-refractivity contribution in [3.63, 3.8) is 0 Å². The number of hydrogen-bond acceptors (Lipinski definition) is 7. The van der Waals surface area contributed by atoms with Crippen LogP contribution in [0.5, 0.6) is 28.7 Å². The van der Waals surface area contributed by atoms with Crippen molar-refractivity contribution in [2.75, 3.05) is 33.2 Å². The van der Waals surface area contributed by atoms with Gasteiger partial charge in [-0.3, -0.25) is 4.72 Å². The van der Waals surface area contributed by atoms with Crippen LogP contribution in [0.15, 0.2) is 47.4 Å². The maximum atomic E-state index is 13.6. The van der Waals surface area contributed by atoms with Gasteiger partial charge >= 0.3 is 0 Å². The molecule has 0 aliphatic heterocycles. The van der Waals surface area contributed by atoms with E-state index in [-0.39, 0.29) is 17.0 Å². The molecule has 0 saturated heterocycles. The summed E-state index contributed by atoms with van der Waals surface area (Å²) >= 11 is 0. The van der Waals surface area contributed by atoms with E-state index in [0.29, 0.717) is 34.9 Å². The second-order valence-corrected chi connectivity index (χ2v) is 8.74. The quantitative estimate of drug-likeness (QED) is 0.320. The van der Waals surface area contributed by atoms with Gasteiger partial charge in [0.2, 0.25) is 5.75 Å². The molecule has 0 unspecified atom stereocenters. The minimum Gasteiger partial charge on any atom is -0.503 e. The SMILES string of the molecule is COc1ccc(/C=C\c2cc(OC)c(OC)c(OC)c2)c(NS(=O)(=O)c2ccc(F)c(F)c2)c1O. The van der Waals surface area contributed by atoms with Gasteiger partial charge in [-0.05, 0) is 48.0 Å². The zero-order chi connectivity index (χ0) is 25.8. The average Bonchev–Trinajstić information content (AvgIpc) is 2.85. The Morgan fingerprint density at radius 2 is 1.43 bits per heavy atom. The number of ether oxygens (including phenoxy) is 4. The van der Waals surface area contributed by atoms with E-state index in [4.69, 9.17) is 18.9 Å². The van der Waals surface area contributed by atoms with E-state index in [1.54, 1.807) is 18.2 Å². The van der Waals surface area contributed by atoms with Gasteiger partial charge in [-0.25, -0.2) is 17.2 Å². The summed E-state index contributed by atoms with van der Waals surface area (Å²) in [7, 11) is 1.31. The highest BCUT2D eigenvalue weighted by Crippen LogP contribution is 2.41. The number of benzene rings is 3. The monoisotopic (exact) mass is 507 g/mol. The van der Waals surface area contributed by atoms with E-state index in [9.17, 15) is 22.3 Å². The highest BCUT2D eigenvalue weighted by atomic mass is 32.2. The fourth-order valence-electron chi connectivity index (χ4n) is 3.22. The molecule has 0 fully saturated rings. The third-order valence-corrected chi connectivity index (χ3v) is 6.32. The molecule has 0 radical (unpaired) electrons. The number of hydrogen-bond donors (Lipinski definition) is 2. The number of aromatic hydroxyl groups is 1. The van der Waals surface area contributed by atoms with Crippen LogP contribution in [0.25, 0.3) is 12.2 Å². The zero-order valence-corrected chi connectivity index (χ0v) is 20.1. The summed E-state index contributed by atoms with van der Waals surface area (Å²) in [5.74, 6) is -1.81. The van der Waals surface area contributed by atoms with Gasteiger partial charge in [0.05, 0.1) is 33.3 Å². The summed E-state index contributed by atoms with van der Waals surface area (Å²) in [6.45, 7) is 0. The Bertz CT molecular complexity index is 1350. The zero-order valence-electron chi connectivity index (χ0n) is 19.3. The molecular weight excluding hydrogens is 484 g/mol. The van der Waals surface area contributed by atoms with Crippen LogP contribution < -0.4 is 23.7 Å². The maximum Gasteiger partial charge on any atom is 0.262 e. The average molecular weight is 508 g/mol. The lowest BCUT2D eigenvalue weighted by atomic mass is 10.1. The first-order chi connectivity index (χ1) is 16.6. The van der Waals surface area contributed by atoms with Gasteiger partial charge < -0.3 is 24.1 Å². The van der Waals surface area contributed by atoms with E-state index < -0.39 is 32.3 Å². The van der Waals surface area contributed by atoms with Gasteiger partial charge in [-0.1, -0.05) is 12.2 Å². The maximum absolute atomic E-state index is 13.6. The van der Waals surface area contributed by atoms with Crippen LogP contribution in [0.3, 0.4) is 0 Å². The number of rotatable bonds is 9. The van der Waals surface area contributed by atoms with Crippen molar-refractivity contribution in [3.8, 4) is 28.7 Å². The van der Waals surface area contributed by atoms with Gasteiger partial charge in [0.15, 0.2) is 34.6 Å². The lowest BCUT2D eigenvalue weighted by molar-refractivity contribution is 0.324. The van der Waals surface area contributed by atoms with E-state index in [1.165, 1.54) is 46.6 Å². The number of nitrogens with one attached hydrogen (secondary N) is 1. The fourth-order valence-corrected chi connectivity index (χ4v) is 4.33. The first kappa shape index (κ1) is 25.6. The number of sulfonamides is 1. The second-order valence-electron chi connectivity index (χ2n) is 7.05. The van der Waals surface area contributed by atoms with Crippen LogP contribution in [-0.4, -0.2) is 42.0 Å². The Morgan fingerprint density at radius 1 is 0.800 bits per heavy atom. The number of halogens is 2. The van der Waals surface area contributed by atoms with Crippen LogP contribution in [-0.2, 0) is 10.0 Å². The van der Waals surface area contributed by atoms with Gasteiger partial charge in [-0.15, -0.1) is 0 Å². The number of phenolic OH excluding ortho intramolecular Hbond substituents is 1. The smallest absolute Gasteiger partial charge is 0.262 e. The molecule has 11 heteroatoms. The minimum atomic E-state index is -4.40. The second kappa shape index (κ2) is 10.5. The minimum absolute atomic E-state index is 0.00192. The fraction of sp³-hybridized carbons (Fsp3) is 0.167. The Labute approximate surface area is 201 Å². The standard InChI is InChI=1S/C24H23F2NO7S/c1-31-19-10-7-15(6-5-14-11-20(32-2)24(34-4)21(12-14)33-3)22(23(19)28)27-35(29,30)16-8-9-17(25)18(26)13-16/h5-13,27-28H,1-4H3/b6-5-. The molecule has 3 aromatic rings. The molecule has 35 heavy (non-hydrogen) atoms. The largest absolute Gasteiger partial charge is 0.503 e. The number of methoxy groups -OCH3 is 4. The molecule has 0 heterocycles. The van der Waals surface area contributed by atoms with Crippen LogP contribution in [0.2, 0.25) is 0 Å². The molecule has 0 atom stereocenters. The van der Waals surface area contributed by atoms with Gasteiger partial charge in [0, 0.05) is 5.56 Å². The first-order valence-electron chi connectivity index (χ1n) is 10.0. The molecule has 0 amide bonds. The van der Waals surface area contributed by atoms with E-state index >= 15 is 0 Å². The molecule has 2 N–H and O–H groups in total. The first-order valence-corrected chi connectivity index (χ1v) is 11.5. The molecule has 3 aromatic carbocycles. The molecule has 186 valence electrons. The number of phenols is 1. The van der Waals surface area contributed by atoms with E-state index in [1.807, 2.05) is 0 Å². The molecular formula is C24H23F2NO7S. The van der Waals surface area contributed by atoms with Crippen molar-refractivity contribution < 1.29 is 41.3 Å². The van der Waals surface area contributed by atoms with Crippen LogP contribution >= 0.6 is 0 Å². The summed E-state index contributed by atoms with van der Waals surface area (Å²) in [5, 5.41) is 10.6. The molecule has 8 nitrogen and oxygen atoms in total. The Hall–Kier alpha value is -3.99. The van der Waals surface area contributed by atoms with Crippen LogP contribution in [0.4, 0.5) is 14.5 Å². The molecule has 0 aromatic heterocycles. The topological polar surface area (TPSA) is 103 Å². The summed E-state index contributed by atoms with van der Waals surface area (Å²) in [4.78, 5) is -0.529. The third kappa shape index (κ3) is 5.40. The molecule has 0 aliphatic carbocycles. The Morgan fingerprint density at radius 3 is 1.97 bits per heavy atom. The van der Waals surface area contributed by atoms with Crippen molar-refractivity contribution in [3.05, 3.63) is 65.2 Å². The summed E-state index contributed by atoms with van der Waals surface area (Å²) in [6.07, 6.45) is 3.16. The van der Waals surface area contributed by atoms with Gasteiger partial charge in [0.1, 0.15) is 5.69 Å². The van der Waals surface area contributed by atoms with E-state index in [0.717, 1.165) is 6.07 Å². The Balaban J connectivity index is 2.07. The highest BCUT2D eigenvalue weighted by molar-refractivity contribution is 7.92. The predicted molar refractivity (Wildman–Crippen MR) is 127 cm³/mol. The molecule has 0 aliphatic rings. The van der Waals surface area contributed by atoms with Gasteiger partial charge in [-0.2, -0.15) is 0 Å². The lowest BCUT2D eigenvalue weighted by Gasteiger charge is -2.15. The summed E-state index contributed by atoms with van der Waals surface area (Å²) < 4.78 is 75.9. The van der Waals surface area contributed by atoms with Crippen molar-refractivity contribution in [1.82, 2.24) is 0 Å². The number of anilines is 1. The summed E-state index contributed by atoms with van der Waals surface area (Å²) in [6, 6.07) is 8.44. The van der Waals surface area contributed by atoms with Crippen molar-refractivity contribution in [2.24, 2.45) is 0 Å².